The molecule has 1 amide bonds. The molecular formula is C33H41N3O5. The van der Waals surface area contributed by atoms with Gasteiger partial charge in [0.2, 0.25) is 11.7 Å². The van der Waals surface area contributed by atoms with Gasteiger partial charge in [0.25, 0.3) is 0 Å². The number of aromatic nitrogens is 1. The molecule has 1 aromatic heterocycles. The van der Waals surface area contributed by atoms with E-state index in [4.69, 9.17) is 14.2 Å². The van der Waals surface area contributed by atoms with E-state index in [1.54, 1.807) is 31.2 Å². The summed E-state index contributed by atoms with van der Waals surface area (Å²) in [5.41, 5.74) is 3.46. The number of fused-ring (bicyclic) bond motifs is 1. The Balaban J connectivity index is 1.14. The van der Waals surface area contributed by atoms with Gasteiger partial charge in [-0.15, -0.1) is 0 Å². The van der Waals surface area contributed by atoms with Gasteiger partial charge in [-0.25, -0.2) is 0 Å². The number of hydrogen-bond acceptors (Lipinski definition) is 6. The molecule has 218 valence electrons. The molecule has 3 aromatic rings. The number of allylic oxidation sites excluding steroid dienone is 2. The number of benzene rings is 2. The summed E-state index contributed by atoms with van der Waals surface area (Å²) >= 11 is 0. The fraction of sp³-hybridized carbons (Fsp3) is 0.394. The van der Waals surface area contributed by atoms with Gasteiger partial charge in [0, 0.05) is 36.1 Å². The first-order chi connectivity index (χ1) is 20.0. The molecule has 1 saturated heterocycles. The molecule has 8 heteroatoms. The van der Waals surface area contributed by atoms with Crippen LogP contribution in [-0.2, 0) is 9.59 Å². The SMILES string of the molecule is CCC(=O)Oc1c(OC)cc(C=CC=CC(=O)NCCCCN2CCC(c3c[nH]c4ccccc34)CC2)cc1OC. The van der Waals surface area contributed by atoms with E-state index in [2.05, 4.69) is 45.7 Å². The number of H-pyrrole nitrogens is 1. The van der Waals surface area contributed by atoms with Crippen molar-refractivity contribution in [1.82, 2.24) is 15.2 Å². The monoisotopic (exact) mass is 559 g/mol. The van der Waals surface area contributed by atoms with Crippen LogP contribution in [0.25, 0.3) is 17.0 Å². The number of hydrogen-bond donors (Lipinski definition) is 2. The first-order valence-electron chi connectivity index (χ1n) is 14.4. The maximum absolute atomic E-state index is 12.2. The molecule has 8 nitrogen and oxygen atoms in total. The highest BCUT2D eigenvalue weighted by Gasteiger charge is 2.22. The van der Waals surface area contributed by atoms with Crippen molar-refractivity contribution >= 4 is 28.9 Å². The summed E-state index contributed by atoms with van der Waals surface area (Å²) in [5, 5.41) is 4.32. The number of unbranched alkanes of at least 4 members (excludes halogenated alkanes) is 1. The highest BCUT2D eigenvalue weighted by Crippen LogP contribution is 2.39. The third kappa shape index (κ3) is 8.24. The molecule has 0 atom stereocenters. The number of likely N-dealkylation sites (tertiary alicyclic amines) is 1. The van der Waals surface area contributed by atoms with Crippen molar-refractivity contribution in [3.8, 4) is 17.2 Å². The van der Waals surface area contributed by atoms with Crippen LogP contribution in [0.4, 0.5) is 0 Å². The summed E-state index contributed by atoms with van der Waals surface area (Å²) in [6.07, 6.45) is 13.6. The molecule has 2 heterocycles. The van der Waals surface area contributed by atoms with Gasteiger partial charge >= 0.3 is 5.97 Å². The molecule has 1 aliphatic heterocycles. The largest absolute Gasteiger partial charge is 0.493 e. The topological polar surface area (TPSA) is 92.9 Å². The predicted molar refractivity (Wildman–Crippen MR) is 163 cm³/mol. The number of carbonyl (C=O) groups excluding carboxylic acids is 2. The Morgan fingerprint density at radius 2 is 1.78 bits per heavy atom. The second-order valence-electron chi connectivity index (χ2n) is 10.2. The minimum atomic E-state index is -0.374. The molecule has 1 aliphatic rings. The summed E-state index contributed by atoms with van der Waals surface area (Å²) in [4.78, 5) is 29.9. The zero-order chi connectivity index (χ0) is 29.0. The summed E-state index contributed by atoms with van der Waals surface area (Å²) in [6.45, 7) is 5.69. The van der Waals surface area contributed by atoms with Crippen LogP contribution < -0.4 is 19.5 Å². The summed E-state index contributed by atoms with van der Waals surface area (Å²) < 4.78 is 16.1. The first kappa shape index (κ1) is 29.9. The van der Waals surface area contributed by atoms with E-state index < -0.39 is 0 Å². The van der Waals surface area contributed by atoms with Crippen molar-refractivity contribution in [3.63, 3.8) is 0 Å². The minimum Gasteiger partial charge on any atom is -0.493 e. The van der Waals surface area contributed by atoms with Crippen molar-refractivity contribution in [2.45, 2.75) is 44.9 Å². The number of nitrogens with zero attached hydrogens (tertiary/aromatic N) is 1. The van der Waals surface area contributed by atoms with Gasteiger partial charge in [-0.1, -0.05) is 43.4 Å². The average Bonchev–Trinajstić information content (AvgIpc) is 3.44. The quantitative estimate of drug-likeness (QED) is 0.0898. The highest BCUT2D eigenvalue weighted by atomic mass is 16.6. The standard InChI is InChI=1S/C33H41N3O5/c1-4-32(38)41-33-29(39-2)21-24(22-30(33)40-3)11-5-8-14-31(37)34-17-9-10-18-36-19-15-25(16-20-36)27-23-35-28-13-7-6-12-26(27)28/h5-8,11-14,21-23,25,35H,4,9-10,15-20H2,1-3H3,(H,34,37). The van der Waals surface area contributed by atoms with Gasteiger partial charge in [-0.05, 0) is 80.6 Å². The second kappa shape index (κ2) is 15.1. The van der Waals surface area contributed by atoms with Crippen molar-refractivity contribution in [3.05, 3.63) is 72.0 Å². The lowest BCUT2D eigenvalue weighted by atomic mass is 9.89. The summed E-state index contributed by atoms with van der Waals surface area (Å²) in [6, 6.07) is 12.0. The van der Waals surface area contributed by atoms with Crippen LogP contribution in [0.15, 0.2) is 60.8 Å². The van der Waals surface area contributed by atoms with Gasteiger partial charge in [-0.2, -0.15) is 0 Å². The number of nitrogens with one attached hydrogen (secondary N) is 2. The molecular weight excluding hydrogens is 518 g/mol. The summed E-state index contributed by atoms with van der Waals surface area (Å²) in [5.74, 6) is 1.17. The molecule has 41 heavy (non-hydrogen) atoms. The van der Waals surface area contributed by atoms with Gasteiger partial charge in [0.05, 0.1) is 14.2 Å². The van der Waals surface area contributed by atoms with E-state index in [0.717, 1.165) is 38.0 Å². The number of ether oxygens (including phenoxy) is 3. The van der Waals surface area contributed by atoms with E-state index in [1.807, 2.05) is 6.08 Å². The Bertz CT molecular complexity index is 1340. The normalized spacial score (nSPS) is 14.6. The molecule has 1 fully saturated rings. The van der Waals surface area contributed by atoms with Crippen LogP contribution in [-0.4, -0.2) is 62.2 Å². The van der Waals surface area contributed by atoms with Crippen molar-refractivity contribution in [2.24, 2.45) is 0 Å². The Hall–Kier alpha value is -4.04. The third-order valence-corrected chi connectivity index (χ3v) is 7.48. The molecule has 0 bridgehead atoms. The zero-order valence-electron chi connectivity index (χ0n) is 24.3. The van der Waals surface area contributed by atoms with Crippen LogP contribution in [0, 0.1) is 0 Å². The van der Waals surface area contributed by atoms with Gasteiger partial charge in [-0.3, -0.25) is 9.59 Å². The molecule has 0 aliphatic carbocycles. The van der Waals surface area contributed by atoms with E-state index >= 15 is 0 Å². The van der Waals surface area contributed by atoms with Gasteiger partial charge in [0.1, 0.15) is 0 Å². The van der Waals surface area contributed by atoms with Crippen molar-refractivity contribution < 1.29 is 23.8 Å². The van der Waals surface area contributed by atoms with Crippen molar-refractivity contribution in [1.29, 1.82) is 0 Å². The molecule has 2 N–H and O–H groups in total. The Labute approximate surface area is 242 Å². The molecule has 0 radical (unpaired) electrons. The first-order valence-corrected chi connectivity index (χ1v) is 14.4. The highest BCUT2D eigenvalue weighted by molar-refractivity contribution is 5.88. The smallest absolute Gasteiger partial charge is 0.311 e. The number of carbonyl (C=O) groups is 2. The maximum Gasteiger partial charge on any atom is 0.311 e. The molecule has 0 saturated carbocycles. The van der Waals surface area contributed by atoms with E-state index in [1.165, 1.54) is 49.6 Å². The number of piperidine rings is 1. The Morgan fingerprint density at radius 1 is 1.05 bits per heavy atom. The number of para-hydroxylation sites is 1. The maximum atomic E-state index is 12.2. The van der Waals surface area contributed by atoms with Crippen molar-refractivity contribution in [2.75, 3.05) is 40.4 Å². The van der Waals surface area contributed by atoms with Crippen LogP contribution in [0.5, 0.6) is 17.2 Å². The fourth-order valence-corrected chi connectivity index (χ4v) is 5.22. The third-order valence-electron chi connectivity index (χ3n) is 7.48. The number of rotatable bonds is 13. The molecule has 0 unspecified atom stereocenters. The Morgan fingerprint density at radius 3 is 2.49 bits per heavy atom. The van der Waals surface area contributed by atoms with Crippen LogP contribution >= 0.6 is 0 Å². The van der Waals surface area contributed by atoms with Crippen LogP contribution in [0.2, 0.25) is 0 Å². The second-order valence-corrected chi connectivity index (χ2v) is 10.2. The lowest BCUT2D eigenvalue weighted by molar-refractivity contribution is -0.134. The molecule has 4 rings (SSSR count). The number of esters is 1. The molecule has 2 aromatic carbocycles. The number of methoxy groups -OCH3 is 2. The minimum absolute atomic E-state index is 0.119. The number of aromatic amines is 1. The molecule has 0 spiro atoms. The number of amides is 1. The van der Waals surface area contributed by atoms with E-state index in [-0.39, 0.29) is 24.0 Å². The Kier molecular flexibility index (Phi) is 11.0. The lowest BCUT2D eigenvalue weighted by Gasteiger charge is -2.32. The van der Waals surface area contributed by atoms with Crippen LogP contribution in [0.1, 0.15) is 56.1 Å². The lowest BCUT2D eigenvalue weighted by Crippen LogP contribution is -2.34. The van der Waals surface area contributed by atoms with E-state index in [9.17, 15) is 9.59 Å². The van der Waals surface area contributed by atoms with Crippen LogP contribution in [0.3, 0.4) is 0 Å². The van der Waals surface area contributed by atoms with Gasteiger partial charge in [0.15, 0.2) is 11.5 Å². The zero-order valence-corrected chi connectivity index (χ0v) is 24.3. The van der Waals surface area contributed by atoms with Gasteiger partial charge < -0.3 is 29.4 Å². The van der Waals surface area contributed by atoms with E-state index in [0.29, 0.717) is 24.0 Å². The predicted octanol–water partition coefficient (Wildman–Crippen LogP) is 5.85. The fourth-order valence-electron chi connectivity index (χ4n) is 5.22. The average molecular weight is 560 g/mol. The summed E-state index contributed by atoms with van der Waals surface area (Å²) in [7, 11) is 3.01.